The van der Waals surface area contributed by atoms with Gasteiger partial charge < -0.3 is 9.84 Å². The Morgan fingerprint density at radius 1 is 1.07 bits per heavy atom. The van der Waals surface area contributed by atoms with Crippen LogP contribution in [0.1, 0.15) is 17.5 Å². The van der Waals surface area contributed by atoms with E-state index in [9.17, 15) is 5.11 Å². The van der Waals surface area contributed by atoms with Crippen LogP contribution in [0.3, 0.4) is 0 Å². The number of thioether (sulfide) groups is 1. The highest BCUT2D eigenvalue weighted by Gasteiger charge is 2.26. The zero-order valence-electron chi connectivity index (χ0n) is 16.3. The highest BCUT2D eigenvalue weighted by molar-refractivity contribution is 7.98. The highest BCUT2D eigenvalue weighted by Crippen LogP contribution is 2.22. The van der Waals surface area contributed by atoms with Crippen LogP contribution in [0.5, 0.6) is 5.75 Å². The average molecular weight is 387 g/mol. The van der Waals surface area contributed by atoms with Gasteiger partial charge in [-0.2, -0.15) is 0 Å². The quantitative estimate of drug-likeness (QED) is 0.703. The van der Waals surface area contributed by atoms with Crippen molar-refractivity contribution in [1.82, 2.24) is 9.80 Å². The van der Waals surface area contributed by atoms with Crippen molar-refractivity contribution < 1.29 is 9.84 Å². The van der Waals surface area contributed by atoms with Crippen molar-refractivity contribution in [3.05, 3.63) is 59.7 Å². The molecular weight excluding hydrogens is 356 g/mol. The van der Waals surface area contributed by atoms with Gasteiger partial charge in [-0.1, -0.05) is 24.3 Å². The van der Waals surface area contributed by atoms with Crippen molar-refractivity contribution in [2.24, 2.45) is 0 Å². The SMILES string of the molecule is COc1cccc(CN2CCN(Cc3cccc(SC)c3)C[C@H]2CCO)c1. The summed E-state index contributed by atoms with van der Waals surface area (Å²) >= 11 is 1.79. The van der Waals surface area contributed by atoms with E-state index >= 15 is 0 Å². The van der Waals surface area contributed by atoms with Crippen LogP contribution in [0.2, 0.25) is 0 Å². The Hall–Kier alpha value is -1.53. The van der Waals surface area contributed by atoms with Gasteiger partial charge in [-0.25, -0.2) is 0 Å². The van der Waals surface area contributed by atoms with Crippen molar-refractivity contribution in [2.75, 3.05) is 39.6 Å². The number of hydrogen-bond acceptors (Lipinski definition) is 5. The van der Waals surface area contributed by atoms with Crippen LogP contribution < -0.4 is 4.74 Å². The summed E-state index contributed by atoms with van der Waals surface area (Å²) in [5.74, 6) is 0.901. The molecule has 1 saturated heterocycles. The fraction of sp³-hybridized carbons (Fsp3) is 0.455. The standard InChI is InChI=1S/C22H30N2O2S/c1-26-21-7-3-5-18(13-21)16-24-11-10-23(17-20(24)9-12-25)15-19-6-4-8-22(14-19)27-2/h3-8,13-14,20,25H,9-12,15-17H2,1-2H3/t20-/m1/s1. The van der Waals surface area contributed by atoms with Crippen LogP contribution in [0.25, 0.3) is 0 Å². The summed E-state index contributed by atoms with van der Waals surface area (Å²) in [6.45, 7) is 5.17. The Bertz CT molecular complexity index is 725. The molecule has 0 spiro atoms. The van der Waals surface area contributed by atoms with Gasteiger partial charge in [-0.15, -0.1) is 11.8 Å². The molecule has 1 N–H and O–H groups in total. The third-order valence-electron chi connectivity index (χ3n) is 5.21. The molecule has 1 atom stereocenters. The fourth-order valence-electron chi connectivity index (χ4n) is 3.77. The first-order valence-corrected chi connectivity index (χ1v) is 10.8. The van der Waals surface area contributed by atoms with Gasteiger partial charge in [-0.3, -0.25) is 9.80 Å². The molecule has 2 aromatic carbocycles. The summed E-state index contributed by atoms with van der Waals surface area (Å²) < 4.78 is 5.35. The van der Waals surface area contributed by atoms with Crippen molar-refractivity contribution in [3.8, 4) is 5.75 Å². The third kappa shape index (κ3) is 5.72. The minimum Gasteiger partial charge on any atom is -0.497 e. The van der Waals surface area contributed by atoms with Gasteiger partial charge in [0.2, 0.25) is 0 Å². The Kier molecular flexibility index (Phi) is 7.59. The second-order valence-corrected chi connectivity index (χ2v) is 7.95. The van der Waals surface area contributed by atoms with E-state index in [1.54, 1.807) is 18.9 Å². The maximum atomic E-state index is 9.56. The van der Waals surface area contributed by atoms with Gasteiger partial charge >= 0.3 is 0 Å². The number of hydrogen-bond donors (Lipinski definition) is 1. The molecular formula is C22H30N2O2S. The van der Waals surface area contributed by atoms with E-state index in [2.05, 4.69) is 52.5 Å². The maximum absolute atomic E-state index is 9.56. The summed E-state index contributed by atoms with van der Waals surface area (Å²) in [7, 11) is 1.71. The molecule has 0 aliphatic carbocycles. The summed E-state index contributed by atoms with van der Waals surface area (Å²) in [5.41, 5.74) is 2.63. The predicted molar refractivity (Wildman–Crippen MR) is 112 cm³/mol. The van der Waals surface area contributed by atoms with E-state index in [4.69, 9.17) is 4.74 Å². The van der Waals surface area contributed by atoms with Crippen LogP contribution in [-0.2, 0) is 13.1 Å². The molecule has 0 unspecified atom stereocenters. The number of aliphatic hydroxyl groups excluding tert-OH is 1. The van der Waals surface area contributed by atoms with Crippen LogP contribution in [0.15, 0.2) is 53.4 Å². The molecule has 0 aromatic heterocycles. The largest absolute Gasteiger partial charge is 0.497 e. The second kappa shape index (κ2) is 10.1. The van der Waals surface area contributed by atoms with Crippen LogP contribution in [0, 0.1) is 0 Å². The molecule has 3 rings (SSSR count). The maximum Gasteiger partial charge on any atom is 0.119 e. The molecule has 0 bridgehead atoms. The van der Waals surface area contributed by atoms with Gasteiger partial charge in [-0.05, 0) is 48.1 Å². The van der Waals surface area contributed by atoms with E-state index in [1.165, 1.54) is 16.0 Å². The average Bonchev–Trinajstić information content (AvgIpc) is 2.70. The molecule has 1 aliphatic rings. The molecule has 1 aliphatic heterocycles. The summed E-state index contributed by atoms with van der Waals surface area (Å²) in [4.78, 5) is 6.33. The first-order chi connectivity index (χ1) is 13.2. The zero-order valence-corrected chi connectivity index (χ0v) is 17.1. The number of rotatable bonds is 8. The van der Waals surface area contributed by atoms with E-state index in [0.29, 0.717) is 6.04 Å². The minimum atomic E-state index is 0.231. The first-order valence-electron chi connectivity index (χ1n) is 9.55. The predicted octanol–water partition coefficient (Wildman–Crippen LogP) is 3.49. The summed E-state index contributed by atoms with van der Waals surface area (Å²) in [6.07, 6.45) is 2.93. The smallest absolute Gasteiger partial charge is 0.119 e. The molecule has 4 nitrogen and oxygen atoms in total. The number of piperazine rings is 1. The highest BCUT2D eigenvalue weighted by atomic mass is 32.2. The van der Waals surface area contributed by atoms with Crippen molar-refractivity contribution in [3.63, 3.8) is 0 Å². The lowest BCUT2D eigenvalue weighted by Crippen LogP contribution is -2.52. The summed E-state index contributed by atoms with van der Waals surface area (Å²) in [5, 5.41) is 9.56. The van der Waals surface area contributed by atoms with Crippen LogP contribution in [-0.4, -0.2) is 60.6 Å². The number of ether oxygens (including phenoxy) is 1. The van der Waals surface area contributed by atoms with E-state index in [-0.39, 0.29) is 6.61 Å². The number of benzene rings is 2. The number of aliphatic hydroxyl groups is 1. The third-order valence-corrected chi connectivity index (χ3v) is 5.94. The van der Waals surface area contributed by atoms with Gasteiger partial charge in [0.15, 0.2) is 0 Å². The van der Waals surface area contributed by atoms with Gasteiger partial charge in [0, 0.05) is 50.3 Å². The van der Waals surface area contributed by atoms with Crippen molar-refractivity contribution in [2.45, 2.75) is 30.4 Å². The van der Waals surface area contributed by atoms with Crippen LogP contribution in [0.4, 0.5) is 0 Å². The molecule has 0 radical (unpaired) electrons. The molecule has 2 aromatic rings. The second-order valence-electron chi connectivity index (χ2n) is 7.07. The van der Waals surface area contributed by atoms with Gasteiger partial charge in [0.25, 0.3) is 0 Å². The molecule has 5 heteroatoms. The Morgan fingerprint density at radius 2 is 1.85 bits per heavy atom. The topological polar surface area (TPSA) is 35.9 Å². The summed E-state index contributed by atoms with van der Waals surface area (Å²) in [6, 6.07) is 17.5. The molecule has 1 fully saturated rings. The minimum absolute atomic E-state index is 0.231. The van der Waals surface area contributed by atoms with E-state index < -0.39 is 0 Å². The lowest BCUT2D eigenvalue weighted by Gasteiger charge is -2.41. The van der Waals surface area contributed by atoms with Crippen molar-refractivity contribution in [1.29, 1.82) is 0 Å². The molecule has 146 valence electrons. The monoisotopic (exact) mass is 386 g/mol. The van der Waals surface area contributed by atoms with Crippen molar-refractivity contribution >= 4 is 11.8 Å². The molecule has 0 amide bonds. The Labute approximate surface area is 167 Å². The van der Waals surface area contributed by atoms with Gasteiger partial charge in [0.1, 0.15) is 5.75 Å². The lowest BCUT2D eigenvalue weighted by atomic mass is 10.1. The fourth-order valence-corrected chi connectivity index (χ4v) is 4.25. The number of nitrogens with zero attached hydrogens (tertiary/aromatic N) is 2. The van der Waals surface area contributed by atoms with E-state index in [0.717, 1.165) is 44.9 Å². The van der Waals surface area contributed by atoms with Gasteiger partial charge in [0.05, 0.1) is 7.11 Å². The molecule has 0 saturated carbocycles. The Balaban J connectivity index is 1.63. The zero-order chi connectivity index (χ0) is 19.1. The molecule has 27 heavy (non-hydrogen) atoms. The first kappa shape index (κ1) is 20.2. The number of methoxy groups -OCH3 is 1. The lowest BCUT2D eigenvalue weighted by molar-refractivity contribution is 0.0499. The van der Waals surface area contributed by atoms with E-state index in [1.807, 2.05) is 12.1 Å². The van der Waals surface area contributed by atoms with Crippen LogP contribution >= 0.6 is 11.8 Å². The Morgan fingerprint density at radius 3 is 2.59 bits per heavy atom. The normalized spacial score (nSPS) is 18.6. The molecule has 1 heterocycles.